The molecule has 0 aliphatic carbocycles. The summed E-state index contributed by atoms with van der Waals surface area (Å²) in [5, 5.41) is 0. The first-order valence-corrected chi connectivity index (χ1v) is 19.4. The molecule has 0 radical (unpaired) electrons. The van der Waals surface area contributed by atoms with E-state index in [0.717, 1.165) is 0 Å². The molecule has 0 aromatic carbocycles. The Morgan fingerprint density at radius 3 is 0.556 bits per heavy atom. The van der Waals surface area contributed by atoms with E-state index in [1.807, 2.05) is 0 Å². The van der Waals surface area contributed by atoms with Crippen LogP contribution in [0, 0.1) is 19.6 Å². The van der Waals surface area contributed by atoms with Gasteiger partial charge in [-0.05, 0) is 0 Å². The fourth-order valence-corrected chi connectivity index (χ4v) is 0. The van der Waals surface area contributed by atoms with Gasteiger partial charge in [0.25, 0.3) is 0 Å². The van der Waals surface area contributed by atoms with Gasteiger partial charge in [-0.2, -0.15) is 0 Å². The zero-order valence-electron chi connectivity index (χ0n) is 13.8. The van der Waals surface area contributed by atoms with Crippen molar-refractivity contribution < 1.29 is 26.9 Å². The molecule has 18 heavy (non-hydrogen) atoms. The first-order valence-electron chi connectivity index (χ1n) is 5.90. The molecule has 0 saturated heterocycles. The summed E-state index contributed by atoms with van der Waals surface area (Å²) >= 11 is -2.83. The normalized spacial score (nSPS) is 10.8. The molecule has 0 aromatic heterocycles. The summed E-state index contributed by atoms with van der Waals surface area (Å²) in [6.07, 6.45) is 0. The van der Waals surface area contributed by atoms with E-state index in [1.54, 1.807) is 0 Å². The van der Waals surface area contributed by atoms with Gasteiger partial charge in [-0.3, -0.25) is 0 Å². The van der Waals surface area contributed by atoms with Crippen LogP contribution in [0.1, 0.15) is 0 Å². The molecular formula is C12H33F2Si3Ta-3. The summed E-state index contributed by atoms with van der Waals surface area (Å²) in [6, 6.07) is 0. The zero-order chi connectivity index (χ0) is 16.2. The molecular weight excluding hydrogens is 447 g/mol. The van der Waals surface area contributed by atoms with E-state index in [2.05, 4.69) is 78.6 Å². The molecule has 0 aromatic rings. The second-order valence-electron chi connectivity index (χ2n) is 7.75. The first-order chi connectivity index (χ1) is 7.41. The predicted octanol–water partition coefficient (Wildman–Crippen LogP) is 5.93. The van der Waals surface area contributed by atoms with Crippen molar-refractivity contribution in [3.63, 3.8) is 0 Å². The Kier molecular flexibility index (Phi) is 20.3. The molecule has 0 aliphatic heterocycles. The van der Waals surface area contributed by atoms with Crippen molar-refractivity contribution in [2.75, 3.05) is 0 Å². The van der Waals surface area contributed by atoms with Gasteiger partial charge < -0.3 is 19.6 Å². The molecule has 0 saturated carbocycles. The molecule has 0 unspecified atom stereocenters. The summed E-state index contributed by atoms with van der Waals surface area (Å²) < 4.78 is 19.6. The standard InChI is InChI=1S/3C4H11Si.2FH.Ta/c3*1-5(2,3)4;;;/h3*1H2,2-4H3;2*1H;/q3*-1;;;+2/p-2. The molecule has 0 rings (SSSR count). The van der Waals surface area contributed by atoms with Crippen LogP contribution in [-0.4, -0.2) is 24.2 Å². The SMILES string of the molecule is [CH2-][Si](C)(C)C.[CH2-][Si](C)(C)C.[CH2-][Si](C)(C)C.[F][Ta][F]. The van der Waals surface area contributed by atoms with Crippen molar-refractivity contribution in [3.8, 4) is 0 Å². The van der Waals surface area contributed by atoms with Gasteiger partial charge in [0, 0.05) is 0 Å². The Morgan fingerprint density at radius 2 is 0.556 bits per heavy atom. The summed E-state index contributed by atoms with van der Waals surface area (Å²) in [4.78, 5) is 0. The van der Waals surface area contributed by atoms with Gasteiger partial charge in [0.1, 0.15) is 0 Å². The van der Waals surface area contributed by atoms with E-state index in [9.17, 15) is 6.05 Å². The van der Waals surface area contributed by atoms with Crippen molar-refractivity contribution in [1.29, 1.82) is 0 Å². The first kappa shape index (κ1) is 27.6. The Morgan fingerprint density at radius 1 is 0.556 bits per heavy atom. The minimum atomic E-state index is -2.83. The topological polar surface area (TPSA) is 0 Å². The maximum absolute atomic E-state index is 9.81. The quantitative estimate of drug-likeness (QED) is 0.298. The number of rotatable bonds is 0. The number of hydrogen-bond acceptors (Lipinski definition) is 0. The Bertz CT molecular complexity index is 112. The number of hydrogen-bond donors (Lipinski definition) is 0. The van der Waals surface area contributed by atoms with Gasteiger partial charge in [-0.25, -0.2) is 0 Å². The van der Waals surface area contributed by atoms with Crippen LogP contribution in [0.5, 0.6) is 0 Å². The minimum absolute atomic E-state index is 0.861. The van der Waals surface area contributed by atoms with Crippen LogP contribution in [0.15, 0.2) is 0 Å². The Balaban J connectivity index is -0.0000000739. The van der Waals surface area contributed by atoms with Crippen LogP contribution in [0.25, 0.3) is 0 Å². The zero-order valence-corrected chi connectivity index (χ0v) is 20.0. The van der Waals surface area contributed by atoms with Crippen molar-refractivity contribution in [2.24, 2.45) is 0 Å². The molecule has 115 valence electrons. The molecule has 0 nitrogen and oxygen atoms in total. The van der Waals surface area contributed by atoms with Crippen LogP contribution < -0.4 is 0 Å². The Labute approximate surface area is 129 Å². The van der Waals surface area contributed by atoms with Crippen molar-refractivity contribution in [2.45, 2.75) is 58.9 Å². The second kappa shape index (κ2) is 13.2. The van der Waals surface area contributed by atoms with Gasteiger partial charge in [-0.1, -0.05) is 58.9 Å². The molecule has 0 fully saturated rings. The van der Waals surface area contributed by atoms with Crippen LogP contribution in [0.4, 0.5) is 6.05 Å². The fraction of sp³-hybridized carbons (Fsp3) is 0.750. The summed E-state index contributed by atoms with van der Waals surface area (Å²) in [6.45, 7) is 31.7. The number of halogens is 2. The molecule has 0 aliphatic rings. The Hall–Kier alpha value is 1.25. The van der Waals surface area contributed by atoms with Gasteiger partial charge >= 0.3 is 26.9 Å². The van der Waals surface area contributed by atoms with E-state index in [0.29, 0.717) is 0 Å². The third kappa shape index (κ3) is 2910. The van der Waals surface area contributed by atoms with E-state index < -0.39 is 45.1 Å². The van der Waals surface area contributed by atoms with Crippen LogP contribution in [-0.2, 0) is 20.8 Å². The van der Waals surface area contributed by atoms with Crippen LogP contribution in [0.2, 0.25) is 58.9 Å². The molecule has 0 amide bonds. The molecule has 0 atom stereocenters. The maximum atomic E-state index is 9.81. The third-order valence-electron chi connectivity index (χ3n) is 0. The van der Waals surface area contributed by atoms with Gasteiger partial charge in [0.05, 0.1) is 0 Å². The molecule has 0 spiro atoms. The molecule has 0 N–H and O–H groups in total. The van der Waals surface area contributed by atoms with Gasteiger partial charge in [0.2, 0.25) is 0 Å². The third-order valence-corrected chi connectivity index (χ3v) is 0. The summed E-state index contributed by atoms with van der Waals surface area (Å²) in [5.41, 5.74) is 0. The van der Waals surface area contributed by atoms with E-state index in [-0.39, 0.29) is 0 Å². The fourth-order valence-electron chi connectivity index (χ4n) is 0. The summed E-state index contributed by atoms with van der Waals surface area (Å²) in [5.74, 6) is 0. The van der Waals surface area contributed by atoms with Crippen molar-refractivity contribution >= 4 is 24.2 Å². The van der Waals surface area contributed by atoms with E-state index >= 15 is 0 Å². The second-order valence-corrected chi connectivity index (χ2v) is 23.6. The molecule has 0 heterocycles. The van der Waals surface area contributed by atoms with Crippen molar-refractivity contribution in [1.82, 2.24) is 0 Å². The van der Waals surface area contributed by atoms with Gasteiger partial charge in [0.15, 0.2) is 0 Å². The van der Waals surface area contributed by atoms with Gasteiger partial charge in [-0.15, -0.1) is 24.2 Å². The average molecular weight is 481 g/mol. The monoisotopic (exact) mass is 480 g/mol. The molecule has 6 heteroatoms. The average Bonchev–Trinajstić information content (AvgIpc) is 1.71. The predicted molar refractivity (Wildman–Crippen MR) is 88.3 cm³/mol. The van der Waals surface area contributed by atoms with E-state index in [1.165, 1.54) is 0 Å². The summed E-state index contributed by atoms with van der Waals surface area (Å²) in [7, 11) is -2.58. The van der Waals surface area contributed by atoms with Crippen LogP contribution in [0.3, 0.4) is 0 Å². The molecule has 0 bridgehead atoms. The van der Waals surface area contributed by atoms with Crippen LogP contribution >= 0.6 is 0 Å². The van der Waals surface area contributed by atoms with Crippen molar-refractivity contribution in [3.05, 3.63) is 19.6 Å². The van der Waals surface area contributed by atoms with E-state index in [4.69, 9.17) is 0 Å².